The van der Waals surface area contributed by atoms with Crippen molar-refractivity contribution in [3.63, 3.8) is 0 Å². The van der Waals surface area contributed by atoms with Crippen LogP contribution in [0.5, 0.6) is 11.5 Å². The molecule has 0 fully saturated rings. The lowest BCUT2D eigenvalue weighted by Gasteiger charge is -2.12. The van der Waals surface area contributed by atoms with Gasteiger partial charge in [0.2, 0.25) is 0 Å². The van der Waals surface area contributed by atoms with Crippen LogP contribution >= 0.6 is 11.6 Å². The summed E-state index contributed by atoms with van der Waals surface area (Å²) in [6.45, 7) is -0.543. The van der Waals surface area contributed by atoms with E-state index < -0.39 is 36.6 Å². The molecule has 13 heteroatoms. The SMILES string of the molecule is Cn1c(Cc2ccc(Cl)c(Oc3cc(C#N)cc(C#N)c3)c2F)nn(COC(=O)CCC(=O)O)c1=O. The maximum atomic E-state index is 15.3. The number of ether oxygens (including phenoxy) is 2. The van der Waals surface area contributed by atoms with Gasteiger partial charge in [-0.3, -0.25) is 14.2 Å². The zero-order valence-electron chi connectivity index (χ0n) is 18.7. The minimum absolute atomic E-state index is 0.0324. The monoisotopic (exact) mass is 513 g/mol. The Bertz CT molecular complexity index is 1450. The molecule has 36 heavy (non-hydrogen) atoms. The number of hydrogen-bond acceptors (Lipinski definition) is 8. The molecule has 1 heterocycles. The number of carbonyl (C=O) groups is 2. The van der Waals surface area contributed by atoms with Gasteiger partial charge in [-0.15, -0.1) is 0 Å². The zero-order valence-corrected chi connectivity index (χ0v) is 19.5. The first kappa shape index (κ1) is 25.9. The number of rotatable bonds is 9. The van der Waals surface area contributed by atoms with Gasteiger partial charge in [-0.2, -0.15) is 20.3 Å². The number of nitriles is 2. The van der Waals surface area contributed by atoms with Crippen molar-refractivity contribution >= 4 is 23.5 Å². The summed E-state index contributed by atoms with van der Waals surface area (Å²) in [6.07, 6.45) is -0.942. The molecule has 0 saturated heterocycles. The van der Waals surface area contributed by atoms with Crippen LogP contribution in [0.2, 0.25) is 5.02 Å². The Kier molecular flexibility index (Phi) is 8.04. The van der Waals surface area contributed by atoms with Crippen LogP contribution in [0.1, 0.15) is 35.4 Å². The van der Waals surface area contributed by atoms with Crippen molar-refractivity contribution < 1.29 is 28.6 Å². The summed E-state index contributed by atoms with van der Waals surface area (Å²) in [6, 6.07) is 10.5. The van der Waals surface area contributed by atoms with Gasteiger partial charge in [0.1, 0.15) is 11.6 Å². The normalized spacial score (nSPS) is 10.4. The van der Waals surface area contributed by atoms with E-state index in [2.05, 4.69) is 5.10 Å². The number of benzene rings is 2. The van der Waals surface area contributed by atoms with Crippen LogP contribution in [0.4, 0.5) is 4.39 Å². The van der Waals surface area contributed by atoms with Crippen molar-refractivity contribution in [2.75, 3.05) is 0 Å². The van der Waals surface area contributed by atoms with Gasteiger partial charge in [0.05, 0.1) is 41.1 Å². The lowest BCUT2D eigenvalue weighted by molar-refractivity contribution is -0.151. The fourth-order valence-electron chi connectivity index (χ4n) is 3.06. The summed E-state index contributed by atoms with van der Waals surface area (Å²) in [5.41, 5.74) is -0.286. The quantitative estimate of drug-likeness (QED) is 0.424. The highest BCUT2D eigenvalue weighted by Gasteiger charge is 2.19. The van der Waals surface area contributed by atoms with Gasteiger partial charge < -0.3 is 14.6 Å². The van der Waals surface area contributed by atoms with Crippen molar-refractivity contribution in [2.45, 2.75) is 26.0 Å². The summed E-state index contributed by atoms with van der Waals surface area (Å²) in [5.74, 6) is -3.00. The first-order valence-electron chi connectivity index (χ1n) is 10.2. The fourth-order valence-corrected chi connectivity index (χ4v) is 3.25. The van der Waals surface area contributed by atoms with E-state index in [0.29, 0.717) is 0 Å². The molecule has 3 rings (SSSR count). The maximum absolute atomic E-state index is 15.3. The standard InChI is InChI=1S/C23H17ClFN5O6/c1-29-18(28-30(23(29)34)12-35-20(33)5-4-19(31)32)9-15-2-3-17(24)22(21(15)25)36-16-7-13(10-26)6-14(8-16)11-27/h2-3,6-8H,4-5,9,12H2,1H3,(H,31,32). The fraction of sp³-hybridized carbons (Fsp3) is 0.217. The third-order valence-electron chi connectivity index (χ3n) is 4.88. The molecule has 0 radical (unpaired) electrons. The smallest absolute Gasteiger partial charge is 0.348 e. The van der Waals surface area contributed by atoms with Gasteiger partial charge in [-0.25, -0.2) is 9.18 Å². The number of carbonyl (C=O) groups excluding carboxylic acids is 1. The van der Waals surface area contributed by atoms with Gasteiger partial charge >= 0.3 is 17.6 Å². The lowest BCUT2D eigenvalue weighted by atomic mass is 10.1. The summed E-state index contributed by atoms with van der Waals surface area (Å²) in [4.78, 5) is 34.6. The number of aromatic nitrogens is 3. The molecule has 184 valence electrons. The van der Waals surface area contributed by atoms with Crippen molar-refractivity contribution in [3.8, 4) is 23.6 Å². The number of hydrogen-bond donors (Lipinski definition) is 1. The Labute approximate surface area is 208 Å². The lowest BCUT2D eigenvalue weighted by Crippen LogP contribution is -2.25. The van der Waals surface area contributed by atoms with Crippen molar-refractivity contribution in [1.82, 2.24) is 14.3 Å². The van der Waals surface area contributed by atoms with E-state index in [9.17, 15) is 14.4 Å². The Balaban J connectivity index is 1.83. The third-order valence-corrected chi connectivity index (χ3v) is 5.18. The number of esters is 1. The van der Waals surface area contributed by atoms with Gasteiger partial charge in [-0.1, -0.05) is 17.7 Å². The average molecular weight is 514 g/mol. The predicted octanol–water partition coefficient (Wildman–Crippen LogP) is 2.87. The highest BCUT2D eigenvalue weighted by molar-refractivity contribution is 6.32. The van der Waals surface area contributed by atoms with Gasteiger partial charge in [0, 0.05) is 13.5 Å². The molecule has 0 aliphatic rings. The van der Waals surface area contributed by atoms with E-state index >= 15 is 4.39 Å². The summed E-state index contributed by atoms with van der Waals surface area (Å²) >= 11 is 6.12. The highest BCUT2D eigenvalue weighted by Crippen LogP contribution is 2.35. The summed E-state index contributed by atoms with van der Waals surface area (Å²) in [5, 5.41) is 30.9. The molecule has 1 N–H and O–H groups in total. The number of carboxylic acids is 1. The van der Waals surface area contributed by atoms with Crippen LogP contribution in [0.15, 0.2) is 35.1 Å². The number of halogens is 2. The molecular weight excluding hydrogens is 497 g/mol. The topological polar surface area (TPSA) is 160 Å². The summed E-state index contributed by atoms with van der Waals surface area (Å²) in [7, 11) is 1.40. The number of carboxylic acid groups (broad SMARTS) is 1. The average Bonchev–Trinajstić information content (AvgIpc) is 3.13. The van der Waals surface area contributed by atoms with Crippen LogP contribution < -0.4 is 10.4 Å². The first-order chi connectivity index (χ1) is 17.1. The summed E-state index contributed by atoms with van der Waals surface area (Å²) < 4.78 is 27.7. The third kappa shape index (κ3) is 6.05. The molecule has 0 amide bonds. The molecular formula is C23H17ClFN5O6. The Morgan fingerprint density at radius 2 is 1.83 bits per heavy atom. The van der Waals surface area contributed by atoms with Crippen LogP contribution in [-0.4, -0.2) is 31.4 Å². The number of aliphatic carboxylic acids is 1. The van der Waals surface area contributed by atoms with E-state index in [1.54, 1.807) is 0 Å². The van der Waals surface area contributed by atoms with Gasteiger partial charge in [0.25, 0.3) is 0 Å². The molecule has 2 aromatic carbocycles. The van der Waals surface area contributed by atoms with Crippen molar-refractivity contribution in [3.05, 3.63) is 74.2 Å². The molecule has 0 spiro atoms. The van der Waals surface area contributed by atoms with E-state index in [0.717, 1.165) is 9.25 Å². The minimum atomic E-state index is -1.17. The molecule has 0 atom stereocenters. The minimum Gasteiger partial charge on any atom is -0.481 e. The van der Waals surface area contributed by atoms with Crippen molar-refractivity contribution in [1.29, 1.82) is 10.5 Å². The Morgan fingerprint density at radius 3 is 2.44 bits per heavy atom. The zero-order chi connectivity index (χ0) is 26.4. The molecule has 0 unspecified atom stereocenters. The Hall–Kier alpha value is -4.68. The second kappa shape index (κ2) is 11.2. The van der Waals surface area contributed by atoms with Crippen LogP contribution in [0, 0.1) is 28.5 Å². The van der Waals surface area contributed by atoms with E-state index in [1.165, 1.54) is 37.4 Å². The molecule has 0 aliphatic carbocycles. The van der Waals surface area contributed by atoms with Gasteiger partial charge in [0.15, 0.2) is 18.3 Å². The van der Waals surface area contributed by atoms with E-state index in [1.807, 2.05) is 12.1 Å². The first-order valence-corrected chi connectivity index (χ1v) is 10.6. The second-order valence-corrected chi connectivity index (χ2v) is 7.80. The molecule has 11 nitrogen and oxygen atoms in total. The largest absolute Gasteiger partial charge is 0.481 e. The molecule has 0 saturated carbocycles. The molecule has 1 aromatic heterocycles. The second-order valence-electron chi connectivity index (χ2n) is 7.39. The van der Waals surface area contributed by atoms with Crippen LogP contribution in [0.25, 0.3) is 0 Å². The molecule has 0 bridgehead atoms. The predicted molar refractivity (Wildman–Crippen MR) is 121 cm³/mol. The van der Waals surface area contributed by atoms with Crippen LogP contribution in [-0.2, 0) is 34.5 Å². The Morgan fingerprint density at radius 1 is 1.17 bits per heavy atom. The van der Waals surface area contributed by atoms with Crippen molar-refractivity contribution in [2.24, 2.45) is 7.05 Å². The van der Waals surface area contributed by atoms with E-state index in [4.69, 9.17) is 36.7 Å². The maximum Gasteiger partial charge on any atom is 0.348 e. The van der Waals surface area contributed by atoms with Crippen LogP contribution in [0.3, 0.4) is 0 Å². The highest BCUT2D eigenvalue weighted by atomic mass is 35.5. The van der Waals surface area contributed by atoms with Gasteiger partial charge in [-0.05, 0) is 29.8 Å². The molecule has 3 aromatic rings. The van der Waals surface area contributed by atoms with E-state index in [-0.39, 0.29) is 51.9 Å². The number of nitrogens with zero attached hydrogens (tertiary/aromatic N) is 5. The molecule has 0 aliphatic heterocycles.